The van der Waals surface area contributed by atoms with Crippen LogP contribution in [0.15, 0.2) is 90.7 Å². The lowest BCUT2D eigenvalue weighted by Gasteiger charge is -2.40. The Morgan fingerprint density at radius 2 is 1.02 bits per heavy atom. The van der Waals surface area contributed by atoms with Gasteiger partial charge in [0, 0.05) is 39.0 Å². The van der Waals surface area contributed by atoms with Gasteiger partial charge in [0.05, 0.1) is 111 Å². The molecular formula is C82H102N20O18PSi+. The molecule has 0 aliphatic carbocycles. The van der Waals surface area contributed by atoms with Crippen molar-refractivity contribution in [1.82, 2.24) is 78.1 Å². The summed E-state index contributed by atoms with van der Waals surface area (Å²) in [4.78, 5) is 148. The van der Waals surface area contributed by atoms with Crippen LogP contribution in [0, 0.1) is 79.1 Å². The first-order chi connectivity index (χ1) is 57.9. The van der Waals surface area contributed by atoms with Gasteiger partial charge < -0.3 is 59.6 Å². The highest BCUT2D eigenvalue weighted by Crippen LogP contribution is 2.47. The minimum absolute atomic E-state index is 0.0125. The number of nitrogens with one attached hydrogen (secondary N) is 3. The van der Waals surface area contributed by atoms with Crippen molar-refractivity contribution in [3.63, 3.8) is 0 Å². The summed E-state index contributed by atoms with van der Waals surface area (Å²) in [6, 6.07) is 7.73. The van der Waals surface area contributed by atoms with E-state index in [-0.39, 0.29) is 112 Å². The molecule has 0 radical (unpaired) electrons. The second-order valence-electron chi connectivity index (χ2n) is 32.2. The second kappa shape index (κ2) is 36.5. The van der Waals surface area contributed by atoms with Crippen LogP contribution in [-0.4, -0.2) is 178 Å². The van der Waals surface area contributed by atoms with Gasteiger partial charge >= 0.3 is 8.25 Å². The minimum Gasteiger partial charge on any atom is -0.492 e. The van der Waals surface area contributed by atoms with Crippen molar-refractivity contribution in [3.8, 4) is 24.3 Å². The van der Waals surface area contributed by atoms with Crippen LogP contribution >= 0.6 is 8.25 Å². The smallest absolute Gasteiger partial charge is 0.492 e. The number of hydrogen-bond acceptors (Lipinski definition) is 32. The van der Waals surface area contributed by atoms with Crippen LogP contribution in [0.4, 0.5) is 17.2 Å². The molecular weight excluding hydrogens is 1610 g/mol. The van der Waals surface area contributed by atoms with Crippen molar-refractivity contribution in [2.45, 2.75) is 227 Å². The van der Waals surface area contributed by atoms with Crippen LogP contribution in [0.25, 0.3) is 44.7 Å². The summed E-state index contributed by atoms with van der Waals surface area (Å²) in [5, 5.41) is 19.3. The van der Waals surface area contributed by atoms with Gasteiger partial charge in [-0.1, -0.05) is 73.6 Å². The zero-order valence-corrected chi connectivity index (χ0v) is 73.2. The number of nitrogens with zero attached hydrogens (tertiary/aromatic N) is 16. The number of ether oxygens (including phenoxy) is 6. The van der Waals surface area contributed by atoms with Gasteiger partial charge in [-0.05, 0) is 104 Å². The Morgan fingerprint density at radius 1 is 0.566 bits per heavy atom. The number of terminal acetylenes is 1. The Balaban J connectivity index is 0.000000186. The molecule has 646 valence electrons. The summed E-state index contributed by atoms with van der Waals surface area (Å²) < 4.78 is 67.5. The molecule has 4 aromatic carbocycles. The molecule has 8 aromatic heterocycles. The number of benzene rings is 1. The summed E-state index contributed by atoms with van der Waals surface area (Å²) in [6.45, 7) is 32.9. The van der Waals surface area contributed by atoms with Crippen molar-refractivity contribution < 1.29 is 56.7 Å². The van der Waals surface area contributed by atoms with Crippen molar-refractivity contribution in [3.05, 3.63) is 175 Å². The first kappa shape index (κ1) is 90.1. The maximum absolute atomic E-state index is 13.3. The number of hydrogen-bond donors (Lipinski definition) is 6. The third kappa shape index (κ3) is 17.1. The highest BCUT2D eigenvalue weighted by molar-refractivity contribution is 7.32. The third-order valence-corrected chi connectivity index (χ3v) is 28.5. The fourth-order valence-electron chi connectivity index (χ4n) is 15.9. The van der Waals surface area contributed by atoms with E-state index in [9.17, 15) is 48.1 Å². The van der Waals surface area contributed by atoms with E-state index in [1.807, 2.05) is 63.8 Å². The lowest BCUT2D eigenvalue weighted by atomic mass is 9.94. The summed E-state index contributed by atoms with van der Waals surface area (Å²) in [6.07, 6.45) is 11.8. The quantitative estimate of drug-likeness (QED) is 0.0166. The molecule has 16 rings (SSSR count). The van der Waals surface area contributed by atoms with E-state index in [1.165, 1.54) is 26.9 Å². The largest absolute Gasteiger partial charge is 0.695 e. The number of nitrogens with two attached hydrogens (primary N) is 1. The number of methoxy groups -OCH3 is 2. The SMILES string of the molecule is C#C.CC[C@H]1O[C@@H](n2cnc3c(C)nc(C)nc32)C(N)[C@H]1C.CC[C@H]1O[C@@H](n2cnc3c(C)nc(C)nc32)C(Nc2c(OC)c(=O)c2=O)[C@H]1C.COc1c(C)c(=O)c1=O.Cc1nc(C)c2ncn([C@@H]3O[C@H](CO)[C@H](C)C3Nc3c(CC[C@H]4O[C@@H](n5cnc6c(NC(=O)c7ccccc7)ncnc65)C(O[Si](C)(C)C(C)(C)C)[C@H]4O[P+](=O)O)c(=O)c3=O)c2n1. The Morgan fingerprint density at radius 3 is 1.49 bits per heavy atom. The van der Waals surface area contributed by atoms with Crippen LogP contribution in [-0.2, 0) is 38.9 Å². The number of fused-ring (bicyclic) bond motifs is 4. The van der Waals surface area contributed by atoms with Crippen molar-refractivity contribution in [2.24, 2.45) is 23.5 Å². The summed E-state index contributed by atoms with van der Waals surface area (Å²) in [5.74, 6) is 2.05. The zero-order valence-electron chi connectivity index (χ0n) is 71.3. The standard InChI is InChI=1S/C41H49N10O10PSi.C19H23N5O4.C14H21N5O.C6H6O3.C2H2/c1-20-26(16-52)59-39(51-18-44-28-21(2)46-22(3)47-37(28)51)27(20)48-29-24(31(53)32(29)54)14-15-25-33(60-62(56)57)34(61-63(7,8)41(4,5)6)40(58-25)50-19-45-30-35(42-17-43-36(30)50)49-38(55)23-12-10-9-11-13-23;1-6-11-8(2)12(23-14-15(25)16(26)17(14)27-5)19(28-11)24-7-20-13-9(3)21-10(4)22-18(13)24;1-5-10-7(2)11(15)14(20-10)19-6-16-12-8(3)17-9(4)18-13(12)19;1-3-4(7)5(8)6(3)9-2;1-2/h9-13,17-20,25-27,33-34,39-40,52H,14-16H2,1-8H3,(H2-,42,43,48,49,53,55,56,57);7-8,11-12,19,23H,6H2,1-5H3;6-7,10-11,14H,5,15H2,1-4H3;1-2H3;1-2H/p+1/t20-,25+,26+,27?,33-,34?,39+,40+;8-,11+,12?,19+;7-,10+,11?,14+;;/m000../s1. The Kier molecular flexibility index (Phi) is 26.9. The van der Waals surface area contributed by atoms with E-state index in [0.29, 0.717) is 56.7 Å². The normalized spacial score (nSPS) is 24.0. The number of aliphatic hydroxyl groups is 1. The van der Waals surface area contributed by atoms with Gasteiger partial charge in [0.2, 0.25) is 16.3 Å². The fourth-order valence-corrected chi connectivity index (χ4v) is 17.6. The van der Waals surface area contributed by atoms with Gasteiger partial charge in [-0.3, -0.25) is 51.8 Å². The number of aromatic nitrogens is 16. The molecule has 0 spiro atoms. The molecule has 4 fully saturated rings. The zero-order chi connectivity index (χ0) is 88.7. The van der Waals surface area contributed by atoms with Gasteiger partial charge in [-0.2, -0.15) is 0 Å². The van der Waals surface area contributed by atoms with Crippen molar-refractivity contribution >= 4 is 84.3 Å². The van der Waals surface area contributed by atoms with Crippen molar-refractivity contribution in [1.29, 1.82) is 0 Å². The van der Waals surface area contributed by atoms with E-state index < -0.39 is 104 Å². The molecule has 122 heavy (non-hydrogen) atoms. The summed E-state index contributed by atoms with van der Waals surface area (Å²) in [5.41, 5.74) is 11.3. The van der Waals surface area contributed by atoms with Crippen molar-refractivity contribution in [2.75, 3.05) is 36.8 Å². The summed E-state index contributed by atoms with van der Waals surface area (Å²) >= 11 is 0. The van der Waals surface area contributed by atoms with Crippen LogP contribution in [0.3, 0.4) is 0 Å². The Labute approximate surface area is 702 Å². The molecule has 40 heteroatoms. The van der Waals surface area contributed by atoms with E-state index in [4.69, 9.17) is 38.4 Å². The molecule has 38 nitrogen and oxygen atoms in total. The average Bonchev–Trinajstić information content (AvgIpc) is 1.62. The highest BCUT2D eigenvalue weighted by Gasteiger charge is 2.56. The molecule has 4 aliphatic heterocycles. The van der Waals surface area contributed by atoms with Crippen LogP contribution in [0.2, 0.25) is 18.1 Å². The number of carbonyl (C=O) groups excluding carboxylic acids is 1. The average molecular weight is 1710 g/mol. The van der Waals surface area contributed by atoms with Gasteiger partial charge in [-0.25, -0.2) is 59.8 Å². The van der Waals surface area contributed by atoms with Crippen LogP contribution in [0.1, 0.15) is 156 Å². The molecule has 0 saturated carbocycles. The lowest BCUT2D eigenvalue weighted by Crippen LogP contribution is -2.49. The van der Waals surface area contributed by atoms with Crippen LogP contribution in [0.5, 0.6) is 11.5 Å². The molecule has 12 aromatic rings. The van der Waals surface area contributed by atoms with Crippen LogP contribution < -0.4 is 63.7 Å². The Bertz CT molecular complexity index is 6120. The number of aliphatic hydroxyl groups excluding tert-OH is 1. The topological polar surface area (TPSA) is 487 Å². The number of imidazole rings is 4. The molecule has 17 atom stereocenters. The molecule has 4 aliphatic rings. The van der Waals surface area contributed by atoms with E-state index in [0.717, 1.165) is 41.2 Å². The highest BCUT2D eigenvalue weighted by atomic mass is 31.1. The number of rotatable bonds is 22. The Hall–Kier alpha value is -11.2. The van der Waals surface area contributed by atoms with Gasteiger partial charge in [0.25, 0.3) is 22.2 Å². The number of aryl methyl sites for hydroxylation is 6. The van der Waals surface area contributed by atoms with E-state index in [2.05, 4.69) is 142 Å². The first-order valence-electron chi connectivity index (χ1n) is 39.9. The number of anilines is 3. The molecule has 5 unspecified atom stereocenters. The molecule has 4 saturated heterocycles. The van der Waals surface area contributed by atoms with Gasteiger partial charge in [0.1, 0.15) is 52.1 Å². The minimum atomic E-state index is -3.17. The van der Waals surface area contributed by atoms with E-state index >= 15 is 0 Å². The summed E-state index contributed by atoms with van der Waals surface area (Å²) in [7, 11) is -3.08. The maximum Gasteiger partial charge on any atom is 0.695 e. The van der Waals surface area contributed by atoms with Gasteiger partial charge in [0.15, 0.2) is 84.8 Å². The fraction of sp³-hybridized carbons (Fsp3) is 0.500. The molecule has 0 bridgehead atoms. The third-order valence-electron chi connectivity index (χ3n) is 23.6. The first-order valence-corrected chi connectivity index (χ1v) is 44.0. The second-order valence-corrected chi connectivity index (χ2v) is 37.7. The molecule has 12 heterocycles. The number of carbonyl (C=O) groups is 1. The molecule has 7 N–H and O–H groups in total. The molecule has 1 amide bonds. The number of amides is 1. The van der Waals surface area contributed by atoms with E-state index in [1.54, 1.807) is 72.3 Å². The predicted octanol–water partition coefficient (Wildman–Crippen LogP) is 7.43. The lowest BCUT2D eigenvalue weighted by molar-refractivity contribution is -0.0337. The monoisotopic (exact) mass is 1710 g/mol. The van der Waals surface area contributed by atoms with Gasteiger partial charge in [-0.15, -0.1) is 22.3 Å². The maximum atomic E-state index is 13.3. The predicted molar refractivity (Wildman–Crippen MR) is 455 cm³/mol.